The summed E-state index contributed by atoms with van der Waals surface area (Å²) in [5, 5.41) is 11.3. The van der Waals surface area contributed by atoms with E-state index in [2.05, 4.69) is 51.3 Å². The van der Waals surface area contributed by atoms with E-state index < -0.39 is 0 Å². The van der Waals surface area contributed by atoms with Crippen molar-refractivity contribution < 1.29 is 0 Å². The SMILES string of the molecule is Clc1cccc(Cn2c3ccccc3c3cc4cnnn4cc32)c1. The lowest BCUT2D eigenvalue weighted by molar-refractivity contribution is 0.836. The smallest absolute Gasteiger partial charge is 0.0872 e. The maximum Gasteiger partial charge on any atom is 0.0872 e. The van der Waals surface area contributed by atoms with E-state index in [1.807, 2.05) is 28.9 Å². The molecule has 116 valence electrons. The summed E-state index contributed by atoms with van der Waals surface area (Å²) in [6, 6.07) is 18.6. The number of para-hydroxylation sites is 1. The van der Waals surface area contributed by atoms with Crippen molar-refractivity contribution in [2.24, 2.45) is 0 Å². The van der Waals surface area contributed by atoms with E-state index in [0.29, 0.717) is 0 Å². The van der Waals surface area contributed by atoms with Crippen molar-refractivity contribution in [1.82, 2.24) is 19.4 Å². The molecular formula is C19H13ClN4. The zero-order valence-electron chi connectivity index (χ0n) is 12.7. The van der Waals surface area contributed by atoms with Gasteiger partial charge in [0.15, 0.2) is 0 Å². The molecule has 0 saturated carbocycles. The Hall–Kier alpha value is -2.85. The van der Waals surface area contributed by atoms with Gasteiger partial charge in [0.05, 0.1) is 23.4 Å². The summed E-state index contributed by atoms with van der Waals surface area (Å²) in [7, 11) is 0. The van der Waals surface area contributed by atoms with Crippen LogP contribution in [-0.4, -0.2) is 19.4 Å². The number of halogens is 1. The predicted molar refractivity (Wildman–Crippen MR) is 96.5 cm³/mol. The van der Waals surface area contributed by atoms with Crippen molar-refractivity contribution in [3.63, 3.8) is 0 Å². The third kappa shape index (κ3) is 2.00. The van der Waals surface area contributed by atoms with Gasteiger partial charge in [0.2, 0.25) is 0 Å². The minimum Gasteiger partial charge on any atom is -0.335 e. The first-order chi connectivity index (χ1) is 11.8. The van der Waals surface area contributed by atoms with E-state index in [4.69, 9.17) is 11.6 Å². The van der Waals surface area contributed by atoms with Gasteiger partial charge in [-0.25, -0.2) is 4.52 Å². The first-order valence-corrected chi connectivity index (χ1v) is 8.13. The van der Waals surface area contributed by atoms with Crippen molar-refractivity contribution in [2.45, 2.75) is 6.54 Å². The zero-order chi connectivity index (χ0) is 16.1. The fraction of sp³-hybridized carbons (Fsp3) is 0.0526. The standard InChI is InChI=1S/C19H13ClN4/c20-14-5-3-4-13(8-14)11-23-18-7-2-1-6-16(18)17-9-15-10-21-22-24(15)12-19(17)23/h1-10,12H,11H2. The van der Waals surface area contributed by atoms with Gasteiger partial charge < -0.3 is 4.57 Å². The Morgan fingerprint density at radius 3 is 2.75 bits per heavy atom. The van der Waals surface area contributed by atoms with Gasteiger partial charge in [-0.3, -0.25) is 0 Å². The van der Waals surface area contributed by atoms with Crippen molar-refractivity contribution in [3.8, 4) is 0 Å². The summed E-state index contributed by atoms with van der Waals surface area (Å²) in [6.45, 7) is 0.755. The number of benzene rings is 2. The second-order valence-electron chi connectivity index (χ2n) is 5.91. The Balaban J connectivity index is 1.83. The molecule has 0 aliphatic heterocycles. The first kappa shape index (κ1) is 13.6. The van der Waals surface area contributed by atoms with Crippen LogP contribution >= 0.6 is 11.6 Å². The molecule has 0 spiro atoms. The highest BCUT2D eigenvalue weighted by atomic mass is 35.5. The lowest BCUT2D eigenvalue weighted by Gasteiger charge is -2.08. The lowest BCUT2D eigenvalue weighted by Crippen LogP contribution is -2.00. The van der Waals surface area contributed by atoms with Crippen molar-refractivity contribution in [2.75, 3.05) is 0 Å². The minimum absolute atomic E-state index is 0.755. The Bertz CT molecular complexity index is 1200. The average molecular weight is 333 g/mol. The molecule has 0 aliphatic carbocycles. The third-order valence-electron chi connectivity index (χ3n) is 4.42. The molecule has 3 heterocycles. The molecule has 5 heteroatoms. The largest absolute Gasteiger partial charge is 0.335 e. The Morgan fingerprint density at radius 1 is 0.917 bits per heavy atom. The van der Waals surface area contributed by atoms with Gasteiger partial charge in [0, 0.05) is 27.9 Å². The number of aromatic nitrogens is 4. The zero-order valence-corrected chi connectivity index (χ0v) is 13.5. The van der Waals surface area contributed by atoms with Crippen molar-refractivity contribution >= 4 is 38.9 Å². The van der Waals surface area contributed by atoms with Crippen LogP contribution in [0.2, 0.25) is 5.02 Å². The van der Waals surface area contributed by atoms with Crippen LogP contribution in [0.5, 0.6) is 0 Å². The maximum atomic E-state index is 6.15. The molecule has 0 N–H and O–H groups in total. The van der Waals surface area contributed by atoms with Gasteiger partial charge in [0.1, 0.15) is 0 Å². The number of hydrogen-bond donors (Lipinski definition) is 0. The topological polar surface area (TPSA) is 35.1 Å². The predicted octanol–water partition coefficient (Wildman–Crippen LogP) is 4.54. The first-order valence-electron chi connectivity index (χ1n) is 7.75. The highest BCUT2D eigenvalue weighted by molar-refractivity contribution is 6.30. The maximum absolute atomic E-state index is 6.15. The van der Waals surface area contributed by atoms with E-state index in [9.17, 15) is 0 Å². The highest BCUT2D eigenvalue weighted by Crippen LogP contribution is 2.30. The molecule has 0 unspecified atom stereocenters. The third-order valence-corrected chi connectivity index (χ3v) is 4.66. The molecule has 0 amide bonds. The van der Waals surface area contributed by atoms with Gasteiger partial charge in [-0.1, -0.05) is 47.1 Å². The van der Waals surface area contributed by atoms with Crippen LogP contribution in [0.3, 0.4) is 0 Å². The second-order valence-corrected chi connectivity index (χ2v) is 6.35. The molecule has 0 aliphatic rings. The van der Waals surface area contributed by atoms with Crippen LogP contribution in [0.4, 0.5) is 0 Å². The molecule has 4 nitrogen and oxygen atoms in total. The minimum atomic E-state index is 0.755. The van der Waals surface area contributed by atoms with Gasteiger partial charge in [-0.2, -0.15) is 0 Å². The van der Waals surface area contributed by atoms with E-state index in [0.717, 1.165) is 22.6 Å². The van der Waals surface area contributed by atoms with E-state index >= 15 is 0 Å². The van der Waals surface area contributed by atoms with Crippen LogP contribution in [-0.2, 0) is 6.54 Å². The Kier molecular flexibility index (Phi) is 2.87. The van der Waals surface area contributed by atoms with Crippen LogP contribution in [0.25, 0.3) is 27.3 Å². The second kappa shape index (κ2) is 5.08. The number of fused-ring (bicyclic) bond motifs is 4. The molecule has 0 saturated heterocycles. The van der Waals surface area contributed by atoms with Gasteiger partial charge >= 0.3 is 0 Å². The van der Waals surface area contributed by atoms with Crippen molar-refractivity contribution in [3.05, 3.63) is 77.6 Å². The molecule has 24 heavy (non-hydrogen) atoms. The van der Waals surface area contributed by atoms with E-state index in [1.165, 1.54) is 21.9 Å². The van der Waals surface area contributed by atoms with Gasteiger partial charge in [-0.15, -0.1) is 5.10 Å². The Morgan fingerprint density at radius 2 is 1.83 bits per heavy atom. The molecule has 0 atom stereocenters. The molecular weight excluding hydrogens is 320 g/mol. The molecule has 2 aromatic carbocycles. The summed E-state index contributed by atoms with van der Waals surface area (Å²) >= 11 is 6.15. The molecule has 5 aromatic rings. The monoisotopic (exact) mass is 332 g/mol. The number of nitrogens with zero attached hydrogens (tertiary/aromatic N) is 4. The Labute approximate surface area is 142 Å². The summed E-state index contributed by atoms with van der Waals surface area (Å²) in [5.74, 6) is 0. The molecule has 5 rings (SSSR count). The number of hydrogen-bond acceptors (Lipinski definition) is 2. The van der Waals surface area contributed by atoms with E-state index in [1.54, 1.807) is 6.20 Å². The number of rotatable bonds is 2. The van der Waals surface area contributed by atoms with Crippen LogP contribution in [0, 0.1) is 0 Å². The van der Waals surface area contributed by atoms with Gasteiger partial charge in [-0.05, 0) is 29.8 Å². The summed E-state index contributed by atoms with van der Waals surface area (Å²) in [6.07, 6.45) is 3.82. The highest BCUT2D eigenvalue weighted by Gasteiger charge is 2.12. The van der Waals surface area contributed by atoms with Crippen molar-refractivity contribution in [1.29, 1.82) is 0 Å². The summed E-state index contributed by atoms with van der Waals surface area (Å²) < 4.78 is 4.12. The molecule has 0 bridgehead atoms. The summed E-state index contributed by atoms with van der Waals surface area (Å²) in [4.78, 5) is 0. The lowest BCUT2D eigenvalue weighted by atomic mass is 10.2. The number of pyridine rings is 1. The molecule has 0 fully saturated rings. The average Bonchev–Trinajstić information content (AvgIpc) is 3.17. The van der Waals surface area contributed by atoms with Crippen LogP contribution < -0.4 is 0 Å². The fourth-order valence-corrected chi connectivity index (χ4v) is 3.56. The summed E-state index contributed by atoms with van der Waals surface area (Å²) in [5.41, 5.74) is 4.50. The van der Waals surface area contributed by atoms with E-state index in [-0.39, 0.29) is 0 Å². The fourth-order valence-electron chi connectivity index (χ4n) is 3.35. The van der Waals surface area contributed by atoms with Crippen LogP contribution in [0.1, 0.15) is 5.56 Å². The van der Waals surface area contributed by atoms with Crippen LogP contribution in [0.15, 0.2) is 67.0 Å². The van der Waals surface area contributed by atoms with Gasteiger partial charge in [0.25, 0.3) is 0 Å². The molecule has 0 radical (unpaired) electrons. The quantitative estimate of drug-likeness (QED) is 0.476. The molecule has 3 aromatic heterocycles. The normalized spacial score (nSPS) is 11.7.